The first-order chi connectivity index (χ1) is 3.41. The van der Waals surface area contributed by atoms with E-state index in [4.69, 9.17) is 41.9 Å². The van der Waals surface area contributed by atoms with Gasteiger partial charge in [0.25, 0.3) is 0 Å². The molecule has 0 spiro atoms. The van der Waals surface area contributed by atoms with Gasteiger partial charge in [-0.15, -0.1) is 0 Å². The Hall–Kier alpha value is 1.86. The minimum absolute atomic E-state index is 0.250. The summed E-state index contributed by atoms with van der Waals surface area (Å²) in [4.78, 5) is 0. The summed E-state index contributed by atoms with van der Waals surface area (Å²) in [5, 5.41) is 7.57. The molecule has 0 aliphatic carbocycles. The predicted molar refractivity (Wildman–Crippen MR) is 36.2 cm³/mol. The first-order valence-electron chi connectivity index (χ1n) is 1.70. The summed E-state index contributed by atoms with van der Waals surface area (Å²) in [5.41, 5.74) is 0. The average molecular weight is 281 g/mol. The quantitative estimate of drug-likeness (QED) is 0.677. The van der Waals surface area contributed by atoms with Gasteiger partial charge in [0, 0.05) is 6.61 Å². The van der Waals surface area contributed by atoms with Crippen LogP contribution in [0.15, 0.2) is 0 Å². The van der Waals surface area contributed by atoms with Crippen molar-refractivity contribution in [3.05, 3.63) is 0 Å². The van der Waals surface area contributed by atoms with Crippen LogP contribution in [-0.2, 0) is 12.8 Å². The van der Waals surface area contributed by atoms with Crippen LogP contribution in [0.1, 0.15) is 6.92 Å². The Morgan fingerprint density at radius 2 is 1.25 bits per heavy atom. The summed E-state index contributed by atoms with van der Waals surface area (Å²) >= 11 is -3.21. The molecular formula is C2H6Cl4NbO. The molecule has 0 atom stereocenters. The Kier molecular flexibility index (Phi) is 10.9. The van der Waals surface area contributed by atoms with Crippen molar-refractivity contribution < 1.29 is 17.9 Å². The van der Waals surface area contributed by atoms with Gasteiger partial charge in [0.15, 0.2) is 0 Å². The van der Waals surface area contributed by atoms with Crippen LogP contribution in [0.3, 0.4) is 0 Å². The van der Waals surface area contributed by atoms with E-state index in [0.717, 1.165) is 0 Å². The van der Waals surface area contributed by atoms with Gasteiger partial charge < -0.3 is 5.11 Å². The number of hydrogen-bond donors (Lipinski definition) is 1. The van der Waals surface area contributed by atoms with E-state index in [0.29, 0.717) is 0 Å². The molecule has 0 saturated heterocycles. The molecule has 1 nitrogen and oxygen atoms in total. The monoisotopic (exact) mass is 279 g/mol. The number of halogens is 4. The third-order valence-electron chi connectivity index (χ3n) is 0. The Labute approximate surface area is 67.7 Å². The van der Waals surface area contributed by atoms with E-state index >= 15 is 0 Å². The zero-order valence-electron chi connectivity index (χ0n) is 4.11. The topological polar surface area (TPSA) is 20.2 Å². The van der Waals surface area contributed by atoms with E-state index in [1.54, 1.807) is 6.92 Å². The maximum atomic E-state index is 7.57. The molecule has 1 N–H and O–H groups in total. The molecular weight excluding hydrogens is 275 g/mol. The summed E-state index contributed by atoms with van der Waals surface area (Å²) in [5.74, 6) is 0. The van der Waals surface area contributed by atoms with E-state index in [1.807, 2.05) is 0 Å². The summed E-state index contributed by atoms with van der Waals surface area (Å²) < 4.78 is 0. The molecule has 0 aliphatic rings. The van der Waals surface area contributed by atoms with Crippen molar-refractivity contribution in [2.45, 2.75) is 6.92 Å². The van der Waals surface area contributed by atoms with Crippen LogP contribution in [-0.4, -0.2) is 11.7 Å². The van der Waals surface area contributed by atoms with Gasteiger partial charge in [-0.1, -0.05) is 0 Å². The van der Waals surface area contributed by atoms with E-state index in [-0.39, 0.29) is 6.61 Å². The van der Waals surface area contributed by atoms with Gasteiger partial charge in [0.05, 0.1) is 0 Å². The molecule has 0 fully saturated rings. The summed E-state index contributed by atoms with van der Waals surface area (Å²) in [6.07, 6.45) is 0. The normalized spacial score (nSPS) is 9.75. The van der Waals surface area contributed by atoms with Gasteiger partial charge in [-0.3, -0.25) is 0 Å². The molecule has 0 unspecified atom stereocenters. The molecule has 0 bridgehead atoms. The van der Waals surface area contributed by atoms with Crippen molar-refractivity contribution in [1.82, 2.24) is 0 Å². The summed E-state index contributed by atoms with van der Waals surface area (Å²) in [6.45, 7) is 1.93. The Morgan fingerprint density at radius 3 is 1.25 bits per heavy atom. The first-order valence-corrected chi connectivity index (χ1v) is 13.0. The number of aliphatic hydroxyl groups is 1. The van der Waals surface area contributed by atoms with E-state index in [9.17, 15) is 0 Å². The van der Waals surface area contributed by atoms with Crippen molar-refractivity contribution in [2.24, 2.45) is 0 Å². The number of rotatable bonds is 0. The molecule has 0 aliphatic heterocycles. The second-order valence-electron chi connectivity index (χ2n) is 0.700. The maximum absolute atomic E-state index is 7.57. The fourth-order valence-electron chi connectivity index (χ4n) is 0. The zero-order valence-corrected chi connectivity index (χ0v) is 9.34. The second-order valence-corrected chi connectivity index (χ2v) is 20.7. The SMILES string of the molecule is CCO.[Cl][Nb]([Cl])([Cl])[Cl]. The van der Waals surface area contributed by atoms with Crippen molar-refractivity contribution >= 4 is 36.8 Å². The fourth-order valence-corrected chi connectivity index (χ4v) is 0. The Bertz CT molecular complexity index is 37.8. The van der Waals surface area contributed by atoms with Crippen LogP contribution in [0.25, 0.3) is 0 Å². The van der Waals surface area contributed by atoms with Crippen LogP contribution in [0.2, 0.25) is 0 Å². The van der Waals surface area contributed by atoms with Crippen molar-refractivity contribution in [3.63, 3.8) is 0 Å². The van der Waals surface area contributed by atoms with Crippen LogP contribution >= 0.6 is 36.8 Å². The zero-order chi connectivity index (χ0) is 7.21. The van der Waals surface area contributed by atoms with Gasteiger partial charge in [-0.25, -0.2) is 0 Å². The van der Waals surface area contributed by atoms with Gasteiger partial charge in [0.2, 0.25) is 0 Å². The molecule has 6 heteroatoms. The molecule has 0 aromatic carbocycles. The fraction of sp³-hybridized carbons (Fsp3) is 1.00. The predicted octanol–water partition coefficient (Wildman–Crippen LogP) is 2.75. The van der Waals surface area contributed by atoms with Crippen LogP contribution in [0.4, 0.5) is 0 Å². The van der Waals surface area contributed by atoms with Crippen LogP contribution < -0.4 is 0 Å². The molecule has 0 amide bonds. The molecule has 8 heavy (non-hydrogen) atoms. The van der Waals surface area contributed by atoms with Gasteiger partial charge in [-0.05, 0) is 6.92 Å². The third-order valence-corrected chi connectivity index (χ3v) is 0. The molecule has 0 aromatic heterocycles. The summed E-state index contributed by atoms with van der Waals surface area (Å²) in [7, 11) is 20.1. The summed E-state index contributed by atoms with van der Waals surface area (Å²) in [6, 6.07) is 0. The van der Waals surface area contributed by atoms with Gasteiger partial charge in [-0.2, -0.15) is 0 Å². The van der Waals surface area contributed by atoms with Gasteiger partial charge >= 0.3 is 49.6 Å². The van der Waals surface area contributed by atoms with Crippen molar-refractivity contribution in [1.29, 1.82) is 0 Å². The number of hydrogen-bond acceptors (Lipinski definition) is 1. The molecule has 53 valence electrons. The average Bonchev–Trinajstić information content (AvgIpc) is 1.27. The van der Waals surface area contributed by atoms with Gasteiger partial charge in [0.1, 0.15) is 0 Å². The molecule has 0 aromatic rings. The molecule has 0 radical (unpaired) electrons. The van der Waals surface area contributed by atoms with Crippen molar-refractivity contribution in [3.8, 4) is 0 Å². The molecule has 0 heterocycles. The minimum atomic E-state index is -3.21. The van der Waals surface area contributed by atoms with E-state index in [2.05, 4.69) is 0 Å². The van der Waals surface area contributed by atoms with Crippen LogP contribution in [0, 0.1) is 0 Å². The first kappa shape index (κ1) is 12.5. The molecule has 0 rings (SSSR count). The Balaban J connectivity index is 0. The Morgan fingerprint density at radius 1 is 1.25 bits per heavy atom. The van der Waals surface area contributed by atoms with Crippen molar-refractivity contribution in [2.75, 3.05) is 6.61 Å². The number of aliphatic hydroxyl groups excluding tert-OH is 1. The van der Waals surface area contributed by atoms with E-state index < -0.39 is 12.8 Å². The van der Waals surface area contributed by atoms with Crippen LogP contribution in [0.5, 0.6) is 0 Å². The second kappa shape index (κ2) is 6.97. The standard InChI is InChI=1S/C2H6O.4ClH.Nb/c1-2-3;;;;;/h3H,2H2,1H3;4*1H;/q;;;;;+4/p-4. The third kappa shape index (κ3) is 107. The van der Waals surface area contributed by atoms with E-state index in [1.165, 1.54) is 0 Å². The molecule has 0 saturated carbocycles.